The number of hydrogen-bond donors (Lipinski definition) is 2. The maximum Gasteiger partial charge on any atom is 0.301 e. The van der Waals surface area contributed by atoms with Crippen LogP contribution in [0.2, 0.25) is 0 Å². The molecule has 7 nitrogen and oxygen atoms in total. The van der Waals surface area contributed by atoms with Crippen LogP contribution in [0.5, 0.6) is 0 Å². The lowest BCUT2D eigenvalue weighted by Gasteiger charge is -2.26. The predicted octanol–water partition coefficient (Wildman–Crippen LogP) is -0.456. The lowest BCUT2D eigenvalue weighted by atomic mass is 10.3. The molecule has 0 bridgehead atoms. The Morgan fingerprint density at radius 1 is 1.44 bits per heavy atom. The smallest absolute Gasteiger partial charge is 0.301 e. The van der Waals surface area contributed by atoms with Gasteiger partial charge in [0.25, 0.3) is 0 Å². The Bertz CT molecular complexity index is 504. The topological polar surface area (TPSA) is 79.3 Å². The van der Waals surface area contributed by atoms with E-state index in [4.69, 9.17) is 0 Å². The number of aryl methyl sites for hydroxylation is 2. The zero-order valence-corrected chi connectivity index (χ0v) is 11.5. The van der Waals surface area contributed by atoms with Gasteiger partial charge in [0.15, 0.2) is 0 Å². The molecule has 8 heteroatoms. The van der Waals surface area contributed by atoms with Crippen molar-refractivity contribution in [1.82, 2.24) is 19.4 Å². The highest BCUT2D eigenvalue weighted by atomic mass is 32.2. The third-order valence-corrected chi connectivity index (χ3v) is 4.42. The van der Waals surface area contributed by atoms with Gasteiger partial charge in [0.1, 0.15) is 0 Å². The molecule has 0 saturated carbocycles. The van der Waals surface area contributed by atoms with Crippen molar-refractivity contribution in [3.8, 4) is 0 Å². The van der Waals surface area contributed by atoms with E-state index in [9.17, 15) is 8.42 Å². The second-order valence-corrected chi connectivity index (χ2v) is 5.94. The molecule has 18 heavy (non-hydrogen) atoms. The Kier molecular flexibility index (Phi) is 3.88. The van der Waals surface area contributed by atoms with E-state index in [0.29, 0.717) is 38.3 Å². The van der Waals surface area contributed by atoms with E-state index in [1.807, 2.05) is 6.92 Å². The monoisotopic (exact) mass is 273 g/mol. The fourth-order valence-electron chi connectivity index (χ4n) is 1.97. The quantitative estimate of drug-likeness (QED) is 0.778. The maximum atomic E-state index is 12.2. The zero-order chi connectivity index (χ0) is 13.2. The molecule has 1 aliphatic rings. The minimum Gasteiger partial charge on any atom is -0.314 e. The Hall–Kier alpha value is -1.12. The molecule has 0 unspecified atom stereocenters. The van der Waals surface area contributed by atoms with Gasteiger partial charge in [0, 0.05) is 39.4 Å². The van der Waals surface area contributed by atoms with Crippen molar-refractivity contribution in [2.24, 2.45) is 7.05 Å². The van der Waals surface area contributed by atoms with Crippen LogP contribution in [-0.2, 0) is 23.7 Å². The molecule has 0 atom stereocenters. The normalized spacial score (nSPS) is 17.9. The molecule has 2 heterocycles. The molecule has 1 fully saturated rings. The summed E-state index contributed by atoms with van der Waals surface area (Å²) in [6.45, 7) is 4.32. The van der Waals surface area contributed by atoms with Crippen LogP contribution >= 0.6 is 0 Å². The van der Waals surface area contributed by atoms with Crippen molar-refractivity contribution in [3.63, 3.8) is 0 Å². The van der Waals surface area contributed by atoms with E-state index in [0.717, 1.165) is 5.69 Å². The van der Waals surface area contributed by atoms with Crippen LogP contribution < -0.4 is 10.0 Å². The summed E-state index contributed by atoms with van der Waals surface area (Å²) >= 11 is 0. The summed E-state index contributed by atoms with van der Waals surface area (Å²) in [5.74, 6) is 0. The van der Waals surface area contributed by atoms with Gasteiger partial charge in [-0.3, -0.25) is 9.40 Å². The fraction of sp³-hybridized carbons (Fsp3) is 0.700. The minimum absolute atomic E-state index is 0.497. The lowest BCUT2D eigenvalue weighted by Crippen LogP contribution is -2.48. The van der Waals surface area contributed by atoms with Crippen LogP contribution in [0.3, 0.4) is 0 Å². The highest BCUT2D eigenvalue weighted by Gasteiger charge is 2.24. The predicted molar refractivity (Wildman–Crippen MR) is 69.6 cm³/mol. The summed E-state index contributed by atoms with van der Waals surface area (Å²) in [4.78, 5) is 0. The third kappa shape index (κ3) is 2.82. The summed E-state index contributed by atoms with van der Waals surface area (Å²) in [6.07, 6.45) is 2.39. The van der Waals surface area contributed by atoms with Gasteiger partial charge in [-0.2, -0.15) is 17.8 Å². The van der Waals surface area contributed by atoms with Crippen LogP contribution in [0.15, 0.2) is 6.20 Å². The Balaban J connectivity index is 2.16. The van der Waals surface area contributed by atoms with Crippen molar-refractivity contribution in [1.29, 1.82) is 0 Å². The first-order valence-corrected chi connectivity index (χ1v) is 7.48. The van der Waals surface area contributed by atoms with E-state index in [2.05, 4.69) is 15.1 Å². The number of piperazine rings is 1. The van der Waals surface area contributed by atoms with E-state index < -0.39 is 10.2 Å². The van der Waals surface area contributed by atoms with Gasteiger partial charge in [-0.05, 0) is 6.42 Å². The van der Waals surface area contributed by atoms with E-state index in [1.54, 1.807) is 17.9 Å². The first-order chi connectivity index (χ1) is 8.53. The van der Waals surface area contributed by atoms with Crippen LogP contribution in [0.4, 0.5) is 5.69 Å². The van der Waals surface area contributed by atoms with Crippen LogP contribution in [0.25, 0.3) is 0 Å². The number of nitrogens with one attached hydrogen (secondary N) is 2. The fourth-order valence-corrected chi connectivity index (χ4v) is 3.21. The Morgan fingerprint density at radius 2 is 2.11 bits per heavy atom. The third-order valence-electron chi connectivity index (χ3n) is 2.89. The molecular weight excluding hydrogens is 254 g/mol. The summed E-state index contributed by atoms with van der Waals surface area (Å²) in [5, 5.41) is 7.34. The summed E-state index contributed by atoms with van der Waals surface area (Å²) in [7, 11) is -1.69. The Morgan fingerprint density at radius 3 is 2.72 bits per heavy atom. The molecule has 0 spiro atoms. The molecule has 2 N–H and O–H groups in total. The summed E-state index contributed by atoms with van der Waals surface area (Å²) in [5.41, 5.74) is 1.33. The van der Waals surface area contributed by atoms with Crippen molar-refractivity contribution in [2.75, 3.05) is 30.9 Å². The van der Waals surface area contributed by atoms with E-state index in [1.165, 1.54) is 4.31 Å². The molecule has 0 aromatic carbocycles. The highest BCUT2D eigenvalue weighted by Crippen LogP contribution is 2.17. The highest BCUT2D eigenvalue weighted by molar-refractivity contribution is 7.90. The zero-order valence-electron chi connectivity index (χ0n) is 10.7. The van der Waals surface area contributed by atoms with Gasteiger partial charge in [0.05, 0.1) is 11.4 Å². The second kappa shape index (κ2) is 5.25. The van der Waals surface area contributed by atoms with Gasteiger partial charge in [-0.15, -0.1) is 0 Å². The maximum absolute atomic E-state index is 12.2. The van der Waals surface area contributed by atoms with E-state index >= 15 is 0 Å². The van der Waals surface area contributed by atoms with Gasteiger partial charge in [0.2, 0.25) is 0 Å². The number of nitrogens with zero attached hydrogens (tertiary/aromatic N) is 3. The van der Waals surface area contributed by atoms with E-state index in [-0.39, 0.29) is 0 Å². The molecule has 1 saturated heterocycles. The van der Waals surface area contributed by atoms with Crippen molar-refractivity contribution in [3.05, 3.63) is 11.9 Å². The number of rotatable bonds is 4. The van der Waals surface area contributed by atoms with Gasteiger partial charge < -0.3 is 5.32 Å². The van der Waals surface area contributed by atoms with Gasteiger partial charge in [-0.25, -0.2) is 0 Å². The van der Waals surface area contributed by atoms with Gasteiger partial charge >= 0.3 is 10.2 Å². The molecule has 102 valence electrons. The van der Waals surface area contributed by atoms with Crippen LogP contribution in [-0.4, -0.2) is 48.7 Å². The average Bonchev–Trinajstić information content (AvgIpc) is 2.70. The second-order valence-electron chi connectivity index (χ2n) is 4.27. The molecule has 1 aliphatic heterocycles. The first-order valence-electron chi connectivity index (χ1n) is 6.04. The van der Waals surface area contributed by atoms with Crippen LogP contribution in [0.1, 0.15) is 12.6 Å². The standard InChI is InChI=1S/C10H19N5O2S/c1-3-9-10(8-14(2)12-9)13-18(16,17)15-6-4-11-5-7-15/h8,11,13H,3-7H2,1-2H3. The first kappa shape index (κ1) is 13.3. The molecule has 2 rings (SSSR count). The molecule has 0 radical (unpaired) electrons. The molecule has 1 aromatic rings. The average molecular weight is 273 g/mol. The number of aromatic nitrogens is 2. The molecule has 1 aromatic heterocycles. The van der Waals surface area contributed by atoms with Crippen molar-refractivity contribution in [2.45, 2.75) is 13.3 Å². The summed E-state index contributed by atoms with van der Waals surface area (Å²) < 4.78 is 30.1. The molecule has 0 aliphatic carbocycles. The van der Waals surface area contributed by atoms with Gasteiger partial charge in [-0.1, -0.05) is 6.92 Å². The largest absolute Gasteiger partial charge is 0.314 e. The van der Waals surface area contributed by atoms with Crippen molar-refractivity contribution < 1.29 is 8.42 Å². The van der Waals surface area contributed by atoms with Crippen molar-refractivity contribution >= 4 is 15.9 Å². The minimum atomic E-state index is -3.47. The molecule has 0 amide bonds. The summed E-state index contributed by atoms with van der Waals surface area (Å²) in [6, 6.07) is 0. The number of hydrogen-bond acceptors (Lipinski definition) is 4. The number of anilines is 1. The molecular formula is C10H19N5O2S. The lowest BCUT2D eigenvalue weighted by molar-refractivity contribution is 0.362. The Labute approximate surface area is 107 Å². The SMILES string of the molecule is CCc1nn(C)cc1NS(=O)(=O)N1CCNCC1. The van der Waals surface area contributed by atoms with Crippen LogP contribution in [0, 0.1) is 0 Å².